The lowest BCUT2D eigenvalue weighted by Crippen LogP contribution is -2.47. The lowest BCUT2D eigenvalue weighted by atomic mass is 10.1. The molecule has 5 nitrogen and oxygen atoms in total. The Morgan fingerprint density at radius 1 is 0.912 bits per heavy atom. The molecule has 2 aliphatic rings. The van der Waals surface area contributed by atoms with Crippen molar-refractivity contribution in [1.29, 1.82) is 0 Å². The second-order valence-corrected chi connectivity index (χ2v) is 8.91. The van der Waals surface area contributed by atoms with Gasteiger partial charge < -0.3 is 14.2 Å². The standard InChI is InChI=1S/C25H20F3N3O2S/c26-25(27,28)18-7-4-8-19(15-18)30-11-13-31(14-12-30)24-29-23(32)22(34-24)16-20-9-10-21(33-20)17-5-2-1-3-6-17/h1-10,15-16H,11-14H2. The van der Waals surface area contributed by atoms with Crippen molar-refractivity contribution >= 4 is 34.6 Å². The number of carbonyl (C=O) groups is 1. The highest BCUT2D eigenvalue weighted by Gasteiger charge is 2.32. The van der Waals surface area contributed by atoms with E-state index in [1.54, 1.807) is 12.1 Å². The summed E-state index contributed by atoms with van der Waals surface area (Å²) in [5.41, 5.74) is 0.837. The summed E-state index contributed by atoms with van der Waals surface area (Å²) >= 11 is 1.29. The zero-order valence-corrected chi connectivity index (χ0v) is 18.8. The number of amides is 1. The number of anilines is 1. The van der Waals surface area contributed by atoms with E-state index in [0.717, 1.165) is 17.4 Å². The van der Waals surface area contributed by atoms with Crippen LogP contribution in [0.2, 0.25) is 0 Å². The van der Waals surface area contributed by atoms with E-state index in [1.807, 2.05) is 52.3 Å². The molecule has 0 atom stereocenters. The van der Waals surface area contributed by atoms with Gasteiger partial charge in [0.2, 0.25) is 0 Å². The van der Waals surface area contributed by atoms with E-state index in [9.17, 15) is 18.0 Å². The molecule has 9 heteroatoms. The lowest BCUT2D eigenvalue weighted by Gasteiger charge is -2.36. The highest BCUT2D eigenvalue weighted by molar-refractivity contribution is 8.18. The number of halogens is 3. The van der Waals surface area contributed by atoms with Crippen molar-refractivity contribution in [2.75, 3.05) is 31.1 Å². The van der Waals surface area contributed by atoms with Crippen molar-refractivity contribution in [3.05, 3.63) is 83.0 Å². The van der Waals surface area contributed by atoms with Gasteiger partial charge in [-0.25, -0.2) is 0 Å². The van der Waals surface area contributed by atoms with E-state index in [4.69, 9.17) is 4.42 Å². The quantitative estimate of drug-likeness (QED) is 0.444. The Hall–Kier alpha value is -3.46. The maximum atomic E-state index is 13.0. The van der Waals surface area contributed by atoms with Gasteiger partial charge in [0, 0.05) is 43.5 Å². The van der Waals surface area contributed by atoms with Gasteiger partial charge in [-0.2, -0.15) is 18.2 Å². The normalized spacial score (nSPS) is 18.0. The van der Waals surface area contributed by atoms with E-state index in [0.29, 0.717) is 47.7 Å². The number of rotatable bonds is 3. The van der Waals surface area contributed by atoms with Gasteiger partial charge in [0.05, 0.1) is 10.5 Å². The van der Waals surface area contributed by atoms with Gasteiger partial charge in [0.25, 0.3) is 5.91 Å². The van der Waals surface area contributed by atoms with E-state index in [-0.39, 0.29) is 5.91 Å². The first kappa shape index (κ1) is 22.3. The number of hydrogen-bond acceptors (Lipinski definition) is 5. The molecule has 34 heavy (non-hydrogen) atoms. The summed E-state index contributed by atoms with van der Waals surface area (Å²) in [6, 6.07) is 18.7. The fraction of sp³-hybridized carbons (Fsp3) is 0.200. The molecule has 1 fully saturated rings. The molecule has 1 amide bonds. The molecule has 2 aliphatic heterocycles. The second kappa shape index (κ2) is 9.06. The molecule has 174 valence electrons. The maximum Gasteiger partial charge on any atom is 0.416 e. The first-order valence-electron chi connectivity index (χ1n) is 10.7. The Balaban J connectivity index is 1.22. The summed E-state index contributed by atoms with van der Waals surface area (Å²) in [5.74, 6) is 0.966. The number of aliphatic imine (C=N–C) groups is 1. The van der Waals surface area contributed by atoms with Gasteiger partial charge in [-0.15, -0.1) is 0 Å². The predicted octanol–water partition coefficient (Wildman–Crippen LogP) is 5.76. The molecule has 3 heterocycles. The number of carbonyl (C=O) groups excluding carboxylic acids is 1. The number of piperazine rings is 1. The van der Waals surface area contributed by atoms with Crippen LogP contribution in [0.3, 0.4) is 0 Å². The Morgan fingerprint density at radius 2 is 1.65 bits per heavy atom. The number of thioether (sulfide) groups is 1. The number of amidine groups is 1. The van der Waals surface area contributed by atoms with Crippen LogP contribution in [0.5, 0.6) is 0 Å². The van der Waals surface area contributed by atoms with Crippen molar-refractivity contribution in [1.82, 2.24) is 4.90 Å². The molecule has 5 rings (SSSR count). The molecule has 0 radical (unpaired) electrons. The molecule has 0 saturated carbocycles. The monoisotopic (exact) mass is 483 g/mol. The Kier molecular flexibility index (Phi) is 5.95. The lowest BCUT2D eigenvalue weighted by molar-refractivity contribution is -0.137. The number of nitrogens with zero attached hydrogens (tertiary/aromatic N) is 3. The minimum atomic E-state index is -4.37. The molecule has 0 unspecified atom stereocenters. The van der Waals surface area contributed by atoms with Crippen molar-refractivity contribution in [3.63, 3.8) is 0 Å². The highest BCUT2D eigenvalue weighted by atomic mass is 32.2. The topological polar surface area (TPSA) is 49.1 Å². The van der Waals surface area contributed by atoms with Crippen LogP contribution in [0.15, 0.2) is 81.0 Å². The third-order valence-electron chi connectivity index (χ3n) is 5.66. The van der Waals surface area contributed by atoms with E-state index in [1.165, 1.54) is 23.9 Å². The molecule has 0 bridgehead atoms. The molecule has 3 aromatic rings. The summed E-state index contributed by atoms with van der Waals surface area (Å²) in [4.78, 5) is 21.0. The van der Waals surface area contributed by atoms with Crippen LogP contribution < -0.4 is 4.90 Å². The number of hydrogen-bond donors (Lipinski definition) is 0. The molecule has 2 aromatic carbocycles. The van der Waals surface area contributed by atoms with E-state index >= 15 is 0 Å². The summed E-state index contributed by atoms with van der Waals surface area (Å²) < 4.78 is 45.0. The largest absolute Gasteiger partial charge is 0.457 e. The molecule has 1 saturated heterocycles. The Morgan fingerprint density at radius 3 is 2.38 bits per heavy atom. The summed E-state index contributed by atoms with van der Waals surface area (Å²) in [5, 5.41) is 0.606. The minimum absolute atomic E-state index is 0.321. The zero-order chi connectivity index (χ0) is 23.7. The predicted molar refractivity (Wildman–Crippen MR) is 127 cm³/mol. The number of alkyl halides is 3. The summed E-state index contributed by atoms with van der Waals surface area (Å²) in [7, 11) is 0. The number of benzene rings is 2. The van der Waals surface area contributed by atoms with Gasteiger partial charge in [0.15, 0.2) is 5.17 Å². The molecule has 0 aliphatic carbocycles. The maximum absolute atomic E-state index is 13.0. The van der Waals surface area contributed by atoms with Gasteiger partial charge in [-0.1, -0.05) is 36.4 Å². The van der Waals surface area contributed by atoms with Crippen LogP contribution in [0.25, 0.3) is 17.4 Å². The van der Waals surface area contributed by atoms with Crippen LogP contribution in [-0.4, -0.2) is 42.2 Å². The van der Waals surface area contributed by atoms with Crippen molar-refractivity contribution in [3.8, 4) is 11.3 Å². The first-order valence-corrected chi connectivity index (χ1v) is 11.5. The SMILES string of the molecule is O=C1N=C(N2CCN(c3cccc(C(F)(F)F)c3)CC2)SC1=Cc1ccc(-c2ccccc2)o1. The van der Waals surface area contributed by atoms with Crippen molar-refractivity contribution in [2.24, 2.45) is 4.99 Å². The van der Waals surface area contributed by atoms with Gasteiger partial charge in [-0.3, -0.25) is 4.79 Å². The smallest absolute Gasteiger partial charge is 0.416 e. The van der Waals surface area contributed by atoms with Gasteiger partial charge in [-0.05, 0) is 42.1 Å². The first-order chi connectivity index (χ1) is 16.4. The molecular weight excluding hydrogens is 463 g/mol. The van der Waals surface area contributed by atoms with Crippen molar-refractivity contribution < 1.29 is 22.4 Å². The highest BCUT2D eigenvalue weighted by Crippen LogP contribution is 2.34. The second-order valence-electron chi connectivity index (χ2n) is 7.90. The third-order valence-corrected chi connectivity index (χ3v) is 6.70. The molecule has 0 N–H and O–H groups in total. The van der Waals surface area contributed by atoms with Gasteiger partial charge in [0.1, 0.15) is 11.5 Å². The average Bonchev–Trinajstić information content (AvgIpc) is 3.46. The Bertz CT molecular complexity index is 1260. The van der Waals surface area contributed by atoms with Crippen LogP contribution in [-0.2, 0) is 11.0 Å². The van der Waals surface area contributed by atoms with Crippen LogP contribution >= 0.6 is 11.8 Å². The van der Waals surface area contributed by atoms with Crippen molar-refractivity contribution in [2.45, 2.75) is 6.18 Å². The van der Waals surface area contributed by atoms with Gasteiger partial charge >= 0.3 is 6.18 Å². The van der Waals surface area contributed by atoms with Crippen LogP contribution in [0, 0.1) is 0 Å². The minimum Gasteiger partial charge on any atom is -0.457 e. The summed E-state index contributed by atoms with van der Waals surface area (Å²) in [6.45, 7) is 2.18. The third kappa shape index (κ3) is 4.75. The average molecular weight is 484 g/mol. The fourth-order valence-electron chi connectivity index (χ4n) is 3.89. The van der Waals surface area contributed by atoms with Crippen LogP contribution in [0.4, 0.5) is 18.9 Å². The molecule has 1 aromatic heterocycles. The number of furan rings is 1. The fourth-order valence-corrected chi connectivity index (χ4v) is 4.83. The Labute approximate surface area is 198 Å². The van der Waals surface area contributed by atoms with E-state index < -0.39 is 11.7 Å². The summed E-state index contributed by atoms with van der Waals surface area (Å²) in [6.07, 6.45) is -2.68. The van der Waals surface area contributed by atoms with E-state index in [2.05, 4.69) is 4.99 Å². The van der Waals surface area contributed by atoms with Crippen LogP contribution in [0.1, 0.15) is 11.3 Å². The zero-order valence-electron chi connectivity index (χ0n) is 18.0. The molecular formula is C25H20F3N3O2S. The molecule has 0 spiro atoms.